The zero-order valence-electron chi connectivity index (χ0n) is 19.1. The summed E-state index contributed by atoms with van der Waals surface area (Å²) in [7, 11) is -2.08. The molecule has 0 aliphatic carbocycles. The van der Waals surface area contributed by atoms with E-state index in [1.165, 1.54) is 18.4 Å². The van der Waals surface area contributed by atoms with E-state index < -0.39 is 7.26 Å². The number of amides is 1. The Kier molecular flexibility index (Phi) is 8.26. The van der Waals surface area contributed by atoms with Crippen LogP contribution in [0.25, 0.3) is 0 Å². The molecule has 0 radical (unpaired) electrons. The molecule has 5 heteroatoms. The topological polar surface area (TPSA) is 55.4 Å². The van der Waals surface area contributed by atoms with E-state index in [9.17, 15) is 9.59 Å². The first-order valence-corrected chi connectivity index (χ1v) is 14.3. The zero-order valence-corrected chi connectivity index (χ0v) is 20.1. The van der Waals surface area contributed by atoms with E-state index in [2.05, 4.69) is 24.4 Å². The normalized spacial score (nSPS) is 16.7. The number of carbonyl (C=O) groups excluding carboxylic acids is 2. The van der Waals surface area contributed by atoms with Crippen LogP contribution in [-0.4, -0.2) is 36.5 Å². The molecule has 0 unspecified atom stereocenters. The van der Waals surface area contributed by atoms with Gasteiger partial charge in [-0.05, 0) is 0 Å². The van der Waals surface area contributed by atoms with E-state index in [1.54, 1.807) is 0 Å². The van der Waals surface area contributed by atoms with Crippen molar-refractivity contribution in [3.8, 4) is 0 Å². The molecule has 0 bridgehead atoms. The molecule has 1 heterocycles. The monoisotopic (exact) mass is 441 g/mol. The number of rotatable bonds is 7. The van der Waals surface area contributed by atoms with Crippen molar-refractivity contribution in [2.75, 3.05) is 30.0 Å². The van der Waals surface area contributed by atoms with Crippen molar-refractivity contribution in [2.24, 2.45) is 0 Å². The van der Waals surface area contributed by atoms with E-state index in [0.717, 1.165) is 47.5 Å². The summed E-state index contributed by atoms with van der Waals surface area (Å²) in [6.45, 7) is 6.45. The van der Waals surface area contributed by atoms with Gasteiger partial charge in [0, 0.05) is 0 Å². The van der Waals surface area contributed by atoms with Crippen LogP contribution in [-0.2, 0) is 20.9 Å². The Hall–Kier alpha value is -2.19. The average molecular weight is 442 g/mol. The maximum atomic E-state index is 13.1. The molecule has 0 spiro atoms. The molecule has 31 heavy (non-hydrogen) atoms. The van der Waals surface area contributed by atoms with Crippen molar-refractivity contribution in [3.05, 3.63) is 64.7 Å². The second-order valence-electron chi connectivity index (χ2n) is 9.24. The first-order chi connectivity index (χ1) is 14.9. The molecule has 168 valence electrons. The molecule has 2 aromatic carbocycles. The number of hydrogen-bond acceptors (Lipinski definition) is 3. The first-order valence-electron chi connectivity index (χ1n) is 11.4. The van der Waals surface area contributed by atoms with Gasteiger partial charge in [0.15, 0.2) is 0 Å². The average Bonchev–Trinajstić information content (AvgIpc) is 2.95. The Bertz CT molecular complexity index is 879. The van der Waals surface area contributed by atoms with Gasteiger partial charge in [0.05, 0.1) is 0 Å². The Morgan fingerprint density at radius 1 is 0.903 bits per heavy atom. The van der Waals surface area contributed by atoms with Gasteiger partial charge in [0.2, 0.25) is 0 Å². The number of ether oxygens (including phenoxy) is 1. The Morgan fingerprint density at radius 2 is 1.52 bits per heavy atom. The fraction of sp³-hybridized carbons (Fsp3) is 0.462. The molecular weight excluding hydrogens is 405 g/mol. The minimum atomic E-state index is -2.08. The molecule has 1 N–H and O–H groups in total. The minimum absolute atomic E-state index is 0.0551. The Balaban J connectivity index is 1.68. The van der Waals surface area contributed by atoms with Gasteiger partial charge in [-0.15, -0.1) is 0 Å². The number of anilines is 1. The van der Waals surface area contributed by atoms with Crippen LogP contribution in [0.5, 0.6) is 0 Å². The number of nitrogens with one attached hydrogen (secondary N) is 1. The van der Waals surface area contributed by atoms with Gasteiger partial charge >= 0.3 is 187 Å². The fourth-order valence-electron chi connectivity index (χ4n) is 4.89. The van der Waals surface area contributed by atoms with Gasteiger partial charge < -0.3 is 0 Å². The van der Waals surface area contributed by atoms with E-state index in [0.29, 0.717) is 18.9 Å². The van der Waals surface area contributed by atoms with Crippen LogP contribution in [0.15, 0.2) is 42.5 Å². The standard InChI is InChI=1S/C26H36NO3P/c1-20-15-21(2)26(22(3)16-20)27-24(28)18-31(13-9-4-5-10-14-31)19-25(29)30-17-23-11-7-6-8-12-23/h6-8,11-12,15-16,31H,4-5,9-10,13-14,17-19H2,1-3H3,(H,27,28). The van der Waals surface area contributed by atoms with Crippen LogP contribution < -0.4 is 5.32 Å². The van der Waals surface area contributed by atoms with Crippen molar-refractivity contribution >= 4 is 24.8 Å². The predicted octanol–water partition coefficient (Wildman–Crippen LogP) is 5.62. The molecule has 0 saturated carbocycles. The van der Waals surface area contributed by atoms with Crippen molar-refractivity contribution in [1.82, 2.24) is 0 Å². The SMILES string of the molecule is Cc1cc(C)c(NC(=O)C[PH]2(CC(=O)OCc3ccccc3)CCCCCC2)c(C)c1. The van der Waals surface area contributed by atoms with Crippen LogP contribution in [0, 0.1) is 20.8 Å². The number of esters is 1. The van der Waals surface area contributed by atoms with E-state index in [4.69, 9.17) is 4.74 Å². The predicted molar refractivity (Wildman–Crippen MR) is 132 cm³/mol. The van der Waals surface area contributed by atoms with Crippen LogP contribution in [0.4, 0.5) is 5.69 Å². The van der Waals surface area contributed by atoms with Gasteiger partial charge in [-0.2, -0.15) is 0 Å². The van der Waals surface area contributed by atoms with Crippen LogP contribution in [0.2, 0.25) is 0 Å². The summed E-state index contributed by atoms with van der Waals surface area (Å²) >= 11 is 0. The summed E-state index contributed by atoms with van der Waals surface area (Å²) in [4.78, 5) is 25.9. The van der Waals surface area contributed by atoms with Crippen molar-refractivity contribution < 1.29 is 14.3 Å². The molecule has 1 aliphatic heterocycles. The molecule has 2 aromatic rings. The Labute approximate surface area is 187 Å². The third-order valence-electron chi connectivity index (χ3n) is 6.40. The number of hydrogen-bond donors (Lipinski definition) is 1. The van der Waals surface area contributed by atoms with Gasteiger partial charge in [-0.1, -0.05) is 0 Å². The van der Waals surface area contributed by atoms with Crippen molar-refractivity contribution in [2.45, 2.75) is 53.1 Å². The van der Waals surface area contributed by atoms with Gasteiger partial charge in [-0.3, -0.25) is 0 Å². The van der Waals surface area contributed by atoms with Gasteiger partial charge in [-0.25, -0.2) is 0 Å². The van der Waals surface area contributed by atoms with Crippen molar-refractivity contribution in [1.29, 1.82) is 0 Å². The van der Waals surface area contributed by atoms with Gasteiger partial charge in [0.25, 0.3) is 0 Å². The summed E-state index contributed by atoms with van der Waals surface area (Å²) in [5, 5.41) is 3.17. The summed E-state index contributed by atoms with van der Waals surface area (Å²) in [6, 6.07) is 14.0. The summed E-state index contributed by atoms with van der Waals surface area (Å²) in [5.74, 6) is -0.0904. The number of aryl methyl sites for hydroxylation is 3. The molecule has 1 fully saturated rings. The second-order valence-corrected chi connectivity index (χ2v) is 13.9. The van der Waals surface area contributed by atoms with Gasteiger partial charge in [0.1, 0.15) is 0 Å². The van der Waals surface area contributed by atoms with E-state index >= 15 is 0 Å². The molecule has 1 saturated heterocycles. The third kappa shape index (κ3) is 6.90. The first kappa shape index (κ1) is 23.5. The Morgan fingerprint density at radius 3 is 2.13 bits per heavy atom. The zero-order chi connectivity index (χ0) is 22.3. The maximum absolute atomic E-state index is 13.1. The fourth-order valence-corrected chi connectivity index (χ4v) is 9.46. The molecule has 1 amide bonds. The summed E-state index contributed by atoms with van der Waals surface area (Å²) < 4.78 is 5.61. The molecule has 0 aromatic heterocycles. The van der Waals surface area contributed by atoms with Crippen LogP contribution in [0.3, 0.4) is 0 Å². The molecular formula is C26H36NO3P. The van der Waals surface area contributed by atoms with Crippen LogP contribution >= 0.6 is 7.26 Å². The molecule has 4 nitrogen and oxygen atoms in total. The van der Waals surface area contributed by atoms with E-state index in [-0.39, 0.29) is 11.9 Å². The summed E-state index contributed by atoms with van der Waals surface area (Å²) in [5.41, 5.74) is 5.29. The molecule has 0 atom stereocenters. The molecule has 1 aliphatic rings. The number of carbonyl (C=O) groups is 2. The van der Waals surface area contributed by atoms with Crippen molar-refractivity contribution in [3.63, 3.8) is 0 Å². The van der Waals surface area contributed by atoms with E-state index in [1.807, 2.05) is 44.2 Å². The molecule has 3 rings (SSSR count). The third-order valence-corrected chi connectivity index (χ3v) is 11.3. The second kappa shape index (κ2) is 10.9. The number of benzene rings is 2. The summed E-state index contributed by atoms with van der Waals surface area (Å²) in [6.07, 6.45) is 7.65. The quantitative estimate of drug-likeness (QED) is 0.448. The van der Waals surface area contributed by atoms with Crippen LogP contribution in [0.1, 0.15) is 47.9 Å².